The number of carbonyl (C=O) groups excluding carboxylic acids is 10. The molecule has 91 heavy (non-hydrogen) atoms. The number of nitrogens with two attached hydrogens (primary N) is 8. The molecule has 10 atom stereocenters. The zero-order valence-electron chi connectivity index (χ0n) is 53.1. The molecule has 1 aromatic rings. The van der Waals surface area contributed by atoms with E-state index in [9.17, 15) is 67.7 Å². The Hall–Kier alpha value is -8.08. The Morgan fingerprint density at radius 3 is 1.14 bits per heavy atom. The SMILES string of the molecule is CC(C)C[C@H](NC(=O)[C@H](CCCCN)NC(=O)[C@H](CCCCN)NC(=O)[C@H](CCCN=C(N)N)NC(=O)[C@H](CCCCN)NC(=O)[C@@H](N)CC(C)C)C(=O)N[C@@H](CCC(=O)O)C(=O)N[C@@H](CC(N)=O)C(=O)N[C@@H](CCCCN)C(=O)N[C@@H](Cc1cnc[nH]1)C(=O)O. The van der Waals surface area contributed by atoms with Gasteiger partial charge in [-0.05, 0) is 147 Å². The van der Waals surface area contributed by atoms with Crippen LogP contribution in [0.15, 0.2) is 17.5 Å². The number of nitrogens with one attached hydrogen (secondary N) is 10. The number of carboxylic acid groups (broad SMARTS) is 2. The summed E-state index contributed by atoms with van der Waals surface area (Å²) in [6, 6.07) is -14.1. The van der Waals surface area contributed by atoms with Crippen molar-refractivity contribution in [2.75, 3.05) is 32.7 Å². The van der Waals surface area contributed by atoms with Crippen LogP contribution in [0.1, 0.15) is 155 Å². The van der Waals surface area contributed by atoms with Crippen LogP contribution >= 0.6 is 0 Å². The van der Waals surface area contributed by atoms with E-state index in [-0.39, 0.29) is 108 Å². The van der Waals surface area contributed by atoms with E-state index < -0.39 is 151 Å². The highest BCUT2D eigenvalue weighted by Crippen LogP contribution is 2.14. The number of hydrogen-bond donors (Lipinski definition) is 20. The number of carboxylic acids is 2. The molecule has 0 aliphatic rings. The first-order valence-electron chi connectivity index (χ1n) is 31.1. The summed E-state index contributed by atoms with van der Waals surface area (Å²) in [6.07, 6.45) is 3.68. The Kier molecular flexibility index (Phi) is 40.2. The normalized spacial score (nSPS) is 14.5. The van der Waals surface area contributed by atoms with Crippen LogP contribution in [0.4, 0.5) is 0 Å². The highest BCUT2D eigenvalue weighted by Gasteiger charge is 2.36. The van der Waals surface area contributed by atoms with Gasteiger partial charge >= 0.3 is 11.9 Å². The number of unbranched alkanes of at least 4 members (excludes halogenated alkanes) is 4. The number of rotatable bonds is 50. The third-order valence-electron chi connectivity index (χ3n) is 14.2. The summed E-state index contributed by atoms with van der Waals surface area (Å²) >= 11 is 0. The Balaban J connectivity index is 3.66. The van der Waals surface area contributed by atoms with Crippen LogP contribution in [-0.4, -0.2) is 190 Å². The van der Waals surface area contributed by atoms with Crippen LogP contribution < -0.4 is 93.7 Å². The van der Waals surface area contributed by atoms with E-state index in [2.05, 4.69) is 62.8 Å². The molecule has 34 heteroatoms. The van der Waals surface area contributed by atoms with Crippen molar-refractivity contribution in [3.8, 4) is 0 Å². The van der Waals surface area contributed by atoms with Crippen LogP contribution in [0.25, 0.3) is 0 Å². The number of hydrogen-bond acceptors (Lipinski definition) is 19. The number of guanidine groups is 1. The summed E-state index contributed by atoms with van der Waals surface area (Å²) in [7, 11) is 0. The quantitative estimate of drug-likeness (QED) is 0.0165. The number of aliphatic carboxylic acids is 2. The second kappa shape index (κ2) is 45.2. The summed E-state index contributed by atoms with van der Waals surface area (Å²) < 4.78 is 0. The third kappa shape index (κ3) is 34.6. The fourth-order valence-electron chi connectivity index (χ4n) is 9.36. The largest absolute Gasteiger partial charge is 0.481 e. The van der Waals surface area contributed by atoms with E-state index in [0.29, 0.717) is 57.2 Å². The van der Waals surface area contributed by atoms with Gasteiger partial charge in [-0.2, -0.15) is 0 Å². The van der Waals surface area contributed by atoms with Gasteiger partial charge in [0.15, 0.2) is 5.96 Å². The van der Waals surface area contributed by atoms with Gasteiger partial charge < -0.3 is 109 Å². The lowest BCUT2D eigenvalue weighted by molar-refractivity contribution is -0.142. The maximum atomic E-state index is 14.5. The van der Waals surface area contributed by atoms with Crippen molar-refractivity contribution in [2.45, 2.75) is 217 Å². The maximum Gasteiger partial charge on any atom is 0.326 e. The molecular weight excluding hydrogens is 1190 g/mol. The minimum Gasteiger partial charge on any atom is -0.481 e. The van der Waals surface area contributed by atoms with E-state index >= 15 is 0 Å². The molecule has 0 unspecified atom stereocenters. The standard InChI is InChI=1S/C57H104N20O14/c1-32(2)26-35(62)47(81)69-36(14-5-9-21-58)48(82)72-40(18-13-25-67-57(64)65)50(84)70-37(15-6-10-22-59)49(83)71-38(16-7-11-23-60)51(85)75-42(27-33(3)4)54(88)74-41(19-20-46(79)80)53(87)76-43(29-45(63)78)55(89)73-39(17-8-12-24-61)52(86)77-44(56(90)91)28-34-30-66-31-68-34/h30-33,35-44H,5-29,58-62H2,1-4H3,(H2,63,78)(H,66,68)(H,69,81)(H,70,84)(H,71,83)(H,72,82)(H,73,89)(H,74,88)(H,75,85)(H,76,87)(H,77,86)(H,79,80)(H,90,91)(H4,64,65,67)/t35-,36-,37-,38-,39-,40-,41-,42-,43-,44-/m0/s1. The average Bonchev–Trinajstić information content (AvgIpc) is 1.81. The van der Waals surface area contributed by atoms with Crippen LogP contribution in [-0.2, 0) is 64.0 Å². The molecule has 0 spiro atoms. The van der Waals surface area contributed by atoms with Gasteiger partial charge in [-0.15, -0.1) is 0 Å². The molecule has 1 aromatic heterocycles. The molecule has 0 radical (unpaired) electrons. The summed E-state index contributed by atoms with van der Waals surface area (Å²) in [6.45, 7) is 8.19. The van der Waals surface area contributed by atoms with Gasteiger partial charge in [0.05, 0.1) is 18.8 Å². The van der Waals surface area contributed by atoms with E-state index in [1.54, 1.807) is 13.8 Å². The highest BCUT2D eigenvalue weighted by atomic mass is 16.4. The smallest absolute Gasteiger partial charge is 0.326 e. The van der Waals surface area contributed by atoms with Crippen LogP contribution in [0.2, 0.25) is 0 Å². The van der Waals surface area contributed by atoms with Gasteiger partial charge in [0, 0.05) is 31.3 Å². The molecule has 34 nitrogen and oxygen atoms in total. The van der Waals surface area contributed by atoms with Crippen molar-refractivity contribution in [2.24, 2.45) is 62.7 Å². The van der Waals surface area contributed by atoms with Crippen LogP contribution in [0.5, 0.6) is 0 Å². The number of imidazole rings is 1. The van der Waals surface area contributed by atoms with Crippen molar-refractivity contribution < 1.29 is 67.7 Å². The number of aliphatic imine (C=N–C) groups is 1. The maximum absolute atomic E-state index is 14.5. The molecule has 10 amide bonds. The lowest BCUT2D eigenvalue weighted by atomic mass is 10.00. The third-order valence-corrected chi connectivity index (χ3v) is 14.2. The first-order valence-corrected chi connectivity index (χ1v) is 31.1. The fraction of sp³-hybridized carbons (Fsp3) is 0.719. The van der Waals surface area contributed by atoms with Gasteiger partial charge in [-0.1, -0.05) is 27.7 Å². The number of aromatic amines is 1. The fourth-order valence-corrected chi connectivity index (χ4v) is 9.36. The molecular formula is C57H104N20O14. The molecule has 1 rings (SSSR count). The van der Waals surface area contributed by atoms with E-state index in [1.165, 1.54) is 12.5 Å². The molecule has 0 aromatic carbocycles. The van der Waals surface area contributed by atoms with Crippen molar-refractivity contribution in [3.05, 3.63) is 18.2 Å². The lowest BCUT2D eigenvalue weighted by Gasteiger charge is -2.29. The van der Waals surface area contributed by atoms with E-state index in [4.69, 9.17) is 45.9 Å². The Morgan fingerprint density at radius 2 is 0.802 bits per heavy atom. The molecule has 28 N–H and O–H groups in total. The molecule has 0 fully saturated rings. The molecule has 0 aliphatic heterocycles. The Labute approximate surface area is 531 Å². The Morgan fingerprint density at radius 1 is 0.462 bits per heavy atom. The molecule has 516 valence electrons. The van der Waals surface area contributed by atoms with Gasteiger partial charge in [-0.25, -0.2) is 9.78 Å². The minimum atomic E-state index is -1.84. The highest BCUT2D eigenvalue weighted by molar-refractivity contribution is 5.99. The van der Waals surface area contributed by atoms with Gasteiger partial charge in [0.25, 0.3) is 0 Å². The second-order valence-electron chi connectivity index (χ2n) is 23.2. The number of H-pyrrole nitrogens is 1. The van der Waals surface area contributed by atoms with Crippen LogP contribution in [0, 0.1) is 11.8 Å². The first-order chi connectivity index (χ1) is 43.1. The van der Waals surface area contributed by atoms with Crippen molar-refractivity contribution in [1.82, 2.24) is 57.8 Å². The van der Waals surface area contributed by atoms with Gasteiger partial charge in [0.1, 0.15) is 54.4 Å². The zero-order chi connectivity index (χ0) is 68.6. The predicted molar refractivity (Wildman–Crippen MR) is 336 cm³/mol. The second-order valence-corrected chi connectivity index (χ2v) is 23.2. The van der Waals surface area contributed by atoms with E-state index in [1.807, 2.05) is 13.8 Å². The molecule has 0 bridgehead atoms. The summed E-state index contributed by atoms with van der Waals surface area (Å²) in [5, 5.41) is 42.7. The molecule has 1 heterocycles. The Bertz CT molecular complexity index is 2480. The summed E-state index contributed by atoms with van der Waals surface area (Å²) in [5.74, 6) is -12.5. The van der Waals surface area contributed by atoms with Gasteiger partial charge in [-0.3, -0.25) is 57.7 Å². The zero-order valence-corrected chi connectivity index (χ0v) is 53.1. The number of nitrogens with zero attached hydrogens (tertiary/aromatic N) is 2. The summed E-state index contributed by atoms with van der Waals surface area (Å²) in [4.78, 5) is 174. The summed E-state index contributed by atoms with van der Waals surface area (Å²) in [5.41, 5.74) is 46.1. The lowest BCUT2D eigenvalue weighted by Crippen LogP contribution is -2.61. The van der Waals surface area contributed by atoms with Gasteiger partial charge in [0.2, 0.25) is 59.1 Å². The first kappa shape index (κ1) is 80.9. The number of amides is 10. The number of primary amides is 1. The van der Waals surface area contributed by atoms with Crippen LogP contribution in [0.3, 0.4) is 0 Å². The van der Waals surface area contributed by atoms with Crippen molar-refractivity contribution in [3.63, 3.8) is 0 Å². The van der Waals surface area contributed by atoms with Crippen molar-refractivity contribution in [1.29, 1.82) is 0 Å². The van der Waals surface area contributed by atoms with Crippen molar-refractivity contribution >= 4 is 77.0 Å². The number of aromatic nitrogens is 2. The predicted octanol–water partition coefficient (Wildman–Crippen LogP) is -4.87. The molecule has 0 aliphatic carbocycles. The van der Waals surface area contributed by atoms with E-state index in [0.717, 1.165) is 0 Å². The topological polar surface area (TPSA) is 603 Å². The average molecular weight is 1290 g/mol. The molecule has 0 saturated heterocycles. The molecule has 0 saturated carbocycles. The number of carbonyl (C=O) groups is 12. The minimum absolute atomic E-state index is 0.00254. The monoisotopic (exact) mass is 1290 g/mol.